The Balaban J connectivity index is 2.49. The molecule has 0 spiro atoms. The first kappa shape index (κ1) is 18.0. The number of amides is 2. The Morgan fingerprint density at radius 2 is 1.91 bits per heavy atom. The second-order valence-electron chi connectivity index (χ2n) is 4.15. The summed E-state index contributed by atoms with van der Waals surface area (Å²) >= 11 is 3.22. The molecule has 0 aromatic heterocycles. The average Bonchev–Trinajstić information content (AvgIpc) is 2.51. The average molecular weight is 373 g/mol. The number of nitrogens with one attached hydrogen (secondary N) is 2. The van der Waals surface area contributed by atoms with E-state index in [1.54, 1.807) is 19.1 Å². The summed E-state index contributed by atoms with van der Waals surface area (Å²) in [7, 11) is 1.48. The van der Waals surface area contributed by atoms with Gasteiger partial charge in [0.05, 0.1) is 19.2 Å². The lowest BCUT2D eigenvalue weighted by molar-refractivity contribution is -0.127. The highest BCUT2D eigenvalue weighted by Gasteiger charge is 2.15. The molecule has 8 heteroatoms. The summed E-state index contributed by atoms with van der Waals surface area (Å²) in [6.45, 7) is 1.62. The number of likely N-dealkylation sites (N-methyl/N-ethyl adjacent to an activating group) is 1. The minimum Gasteiger partial charge on any atom is -0.497 e. The summed E-state index contributed by atoms with van der Waals surface area (Å²) in [6, 6.07) is 4.82. The van der Waals surface area contributed by atoms with Crippen molar-refractivity contribution in [2.75, 3.05) is 26.8 Å². The van der Waals surface area contributed by atoms with Crippen LogP contribution in [-0.4, -0.2) is 44.6 Å². The number of methoxy groups -OCH3 is 1. The topological polar surface area (TPSA) is 93.7 Å². The Kier molecular flexibility index (Phi) is 7.38. The number of hydrogen-bond acceptors (Lipinski definition) is 5. The first-order valence-corrected chi connectivity index (χ1v) is 7.31. The maximum atomic E-state index is 11.9. The van der Waals surface area contributed by atoms with Crippen LogP contribution in [0.4, 0.5) is 0 Å². The Hall–Kier alpha value is -2.09. The molecule has 7 nitrogen and oxygen atoms in total. The first-order chi connectivity index (χ1) is 10.5. The molecule has 2 N–H and O–H groups in total. The lowest BCUT2D eigenvalue weighted by Crippen LogP contribution is -2.38. The number of hydrogen-bond donors (Lipinski definition) is 2. The number of benzene rings is 1. The van der Waals surface area contributed by atoms with Gasteiger partial charge in [-0.2, -0.15) is 0 Å². The Morgan fingerprint density at radius 3 is 2.55 bits per heavy atom. The molecular formula is C14H17BrN2O5. The molecule has 0 aliphatic heterocycles. The quantitative estimate of drug-likeness (QED) is 0.692. The number of rotatable bonds is 7. The van der Waals surface area contributed by atoms with Crippen molar-refractivity contribution in [1.29, 1.82) is 0 Å². The van der Waals surface area contributed by atoms with Gasteiger partial charge in [-0.25, -0.2) is 4.79 Å². The van der Waals surface area contributed by atoms with Gasteiger partial charge in [-0.1, -0.05) is 0 Å². The minimum absolute atomic E-state index is 0.160. The van der Waals surface area contributed by atoms with Crippen molar-refractivity contribution in [3.63, 3.8) is 0 Å². The van der Waals surface area contributed by atoms with Crippen LogP contribution < -0.4 is 15.4 Å². The predicted octanol–water partition coefficient (Wildman–Crippen LogP) is 0.867. The molecule has 0 radical (unpaired) electrons. The highest BCUT2D eigenvalue weighted by molar-refractivity contribution is 9.10. The third kappa shape index (κ3) is 5.72. The third-order valence-corrected chi connectivity index (χ3v) is 3.24. The highest BCUT2D eigenvalue weighted by atomic mass is 79.9. The Labute approximate surface area is 136 Å². The molecule has 0 bridgehead atoms. The summed E-state index contributed by atoms with van der Waals surface area (Å²) in [6.07, 6.45) is 0. The lowest BCUT2D eigenvalue weighted by Gasteiger charge is -2.08. The van der Waals surface area contributed by atoms with Gasteiger partial charge in [0.15, 0.2) is 6.61 Å². The molecule has 0 aliphatic carbocycles. The molecule has 0 saturated carbocycles. The lowest BCUT2D eigenvalue weighted by atomic mass is 10.2. The summed E-state index contributed by atoms with van der Waals surface area (Å²) in [5.41, 5.74) is 0.246. The molecule has 1 aromatic rings. The molecule has 2 amide bonds. The largest absolute Gasteiger partial charge is 0.497 e. The van der Waals surface area contributed by atoms with Gasteiger partial charge < -0.3 is 20.1 Å². The van der Waals surface area contributed by atoms with Gasteiger partial charge >= 0.3 is 5.97 Å². The smallest absolute Gasteiger partial charge is 0.339 e. The molecule has 22 heavy (non-hydrogen) atoms. The molecule has 120 valence electrons. The van der Waals surface area contributed by atoms with Crippen LogP contribution in [0.2, 0.25) is 0 Å². The maximum Gasteiger partial charge on any atom is 0.339 e. The van der Waals surface area contributed by atoms with E-state index in [4.69, 9.17) is 9.47 Å². The highest BCUT2D eigenvalue weighted by Crippen LogP contribution is 2.23. The minimum atomic E-state index is -0.668. The molecule has 1 rings (SSSR count). The molecule has 0 unspecified atom stereocenters. The van der Waals surface area contributed by atoms with E-state index in [0.29, 0.717) is 16.8 Å². The van der Waals surface area contributed by atoms with Gasteiger partial charge in [0.1, 0.15) is 5.75 Å². The maximum absolute atomic E-state index is 11.9. The second-order valence-corrected chi connectivity index (χ2v) is 5.01. The molecule has 0 atom stereocenters. The van der Waals surface area contributed by atoms with Gasteiger partial charge in [0.2, 0.25) is 5.91 Å². The monoisotopic (exact) mass is 372 g/mol. The van der Waals surface area contributed by atoms with E-state index >= 15 is 0 Å². The van der Waals surface area contributed by atoms with Crippen LogP contribution >= 0.6 is 15.9 Å². The molecular weight excluding hydrogens is 356 g/mol. The number of carbonyl (C=O) groups is 3. The summed E-state index contributed by atoms with van der Waals surface area (Å²) < 4.78 is 10.4. The van der Waals surface area contributed by atoms with Crippen molar-refractivity contribution in [3.8, 4) is 5.75 Å². The zero-order valence-electron chi connectivity index (χ0n) is 12.3. The number of carbonyl (C=O) groups excluding carboxylic acids is 3. The van der Waals surface area contributed by atoms with E-state index in [-0.39, 0.29) is 18.0 Å². The van der Waals surface area contributed by atoms with Crippen LogP contribution in [0, 0.1) is 0 Å². The van der Waals surface area contributed by atoms with E-state index in [0.717, 1.165) is 0 Å². The van der Waals surface area contributed by atoms with Crippen LogP contribution in [0.3, 0.4) is 0 Å². The zero-order valence-corrected chi connectivity index (χ0v) is 13.9. The molecule has 0 aliphatic rings. The fraction of sp³-hybridized carbons (Fsp3) is 0.357. The van der Waals surface area contributed by atoms with E-state index in [1.165, 1.54) is 13.2 Å². The molecule has 0 fully saturated rings. The van der Waals surface area contributed by atoms with Crippen molar-refractivity contribution in [2.45, 2.75) is 6.92 Å². The fourth-order valence-electron chi connectivity index (χ4n) is 1.49. The van der Waals surface area contributed by atoms with Crippen LogP contribution in [0.15, 0.2) is 22.7 Å². The number of esters is 1. The molecule has 0 heterocycles. The fourth-order valence-corrected chi connectivity index (χ4v) is 1.89. The van der Waals surface area contributed by atoms with Crippen molar-refractivity contribution >= 4 is 33.7 Å². The standard InChI is InChI=1S/C14H17BrN2O5/c1-3-16-12(18)7-17-13(19)8-22-14(20)10-6-9(21-2)4-5-11(10)15/h4-6H,3,7-8H2,1-2H3,(H,16,18)(H,17,19). The predicted molar refractivity (Wildman–Crippen MR) is 82.7 cm³/mol. The Morgan fingerprint density at radius 1 is 1.18 bits per heavy atom. The van der Waals surface area contributed by atoms with E-state index in [1.807, 2.05) is 0 Å². The van der Waals surface area contributed by atoms with Gasteiger partial charge in [-0.05, 0) is 41.1 Å². The van der Waals surface area contributed by atoms with Gasteiger partial charge in [0, 0.05) is 11.0 Å². The van der Waals surface area contributed by atoms with Crippen molar-refractivity contribution in [3.05, 3.63) is 28.2 Å². The van der Waals surface area contributed by atoms with Gasteiger partial charge in [-0.3, -0.25) is 9.59 Å². The van der Waals surface area contributed by atoms with Crippen LogP contribution in [0.25, 0.3) is 0 Å². The molecule has 1 aromatic carbocycles. The van der Waals surface area contributed by atoms with Crippen molar-refractivity contribution in [1.82, 2.24) is 10.6 Å². The number of ether oxygens (including phenoxy) is 2. The second kappa shape index (κ2) is 9.04. The summed E-state index contributed by atoms with van der Waals surface area (Å²) in [4.78, 5) is 34.6. The van der Waals surface area contributed by atoms with Gasteiger partial charge in [0.25, 0.3) is 5.91 Å². The van der Waals surface area contributed by atoms with Crippen LogP contribution in [0.1, 0.15) is 17.3 Å². The number of halogens is 1. The van der Waals surface area contributed by atoms with E-state index < -0.39 is 18.5 Å². The molecule has 0 saturated heterocycles. The van der Waals surface area contributed by atoms with Crippen molar-refractivity contribution in [2.24, 2.45) is 0 Å². The van der Waals surface area contributed by atoms with Crippen LogP contribution in [-0.2, 0) is 14.3 Å². The van der Waals surface area contributed by atoms with E-state index in [2.05, 4.69) is 26.6 Å². The van der Waals surface area contributed by atoms with Gasteiger partial charge in [-0.15, -0.1) is 0 Å². The third-order valence-electron chi connectivity index (χ3n) is 2.55. The summed E-state index contributed by atoms with van der Waals surface area (Å²) in [5, 5.41) is 4.88. The zero-order chi connectivity index (χ0) is 16.5. The normalized spacial score (nSPS) is 9.77. The Bertz CT molecular complexity index is 562. The summed E-state index contributed by atoms with van der Waals surface area (Å²) in [5.74, 6) is -1.04. The van der Waals surface area contributed by atoms with Crippen LogP contribution in [0.5, 0.6) is 5.75 Å². The SMILES string of the molecule is CCNC(=O)CNC(=O)COC(=O)c1cc(OC)ccc1Br. The van der Waals surface area contributed by atoms with E-state index in [9.17, 15) is 14.4 Å². The first-order valence-electron chi connectivity index (χ1n) is 6.52. The van der Waals surface area contributed by atoms with Crippen molar-refractivity contribution < 1.29 is 23.9 Å².